The Balaban J connectivity index is 1.89. The summed E-state index contributed by atoms with van der Waals surface area (Å²) < 4.78 is 10.2. The van der Waals surface area contributed by atoms with E-state index in [2.05, 4.69) is 10.1 Å². The minimum atomic E-state index is -0.0364. The number of benzene rings is 1. The third-order valence-electron chi connectivity index (χ3n) is 3.21. The number of rotatable bonds is 6. The molecule has 6 nitrogen and oxygen atoms in total. The van der Waals surface area contributed by atoms with E-state index in [1.807, 2.05) is 24.3 Å². The Labute approximate surface area is 123 Å². The molecule has 2 aromatic rings. The minimum Gasteiger partial charge on any atom is -0.496 e. The van der Waals surface area contributed by atoms with Gasteiger partial charge in [-0.2, -0.15) is 4.98 Å². The fourth-order valence-electron chi connectivity index (χ4n) is 2.01. The number of carbonyl (C=O) groups excluding carboxylic acids is 1. The van der Waals surface area contributed by atoms with Crippen LogP contribution in [0, 0.1) is 6.92 Å². The van der Waals surface area contributed by atoms with Crippen molar-refractivity contribution in [1.82, 2.24) is 15.0 Å². The molecule has 21 heavy (non-hydrogen) atoms. The molecule has 0 atom stereocenters. The second kappa shape index (κ2) is 6.88. The molecule has 1 amide bonds. The number of methoxy groups -OCH3 is 1. The molecule has 0 bridgehead atoms. The molecule has 112 valence electrons. The zero-order chi connectivity index (χ0) is 15.2. The lowest BCUT2D eigenvalue weighted by Gasteiger charge is -2.17. The smallest absolute Gasteiger partial charge is 0.230 e. The maximum atomic E-state index is 12.1. The monoisotopic (exact) mass is 289 g/mol. The SMILES string of the molecule is COc1ccccc1CCN(C)C(=O)Cc1noc(C)n1. The van der Waals surface area contributed by atoms with E-state index >= 15 is 0 Å². The van der Waals surface area contributed by atoms with Gasteiger partial charge in [0, 0.05) is 20.5 Å². The van der Waals surface area contributed by atoms with Gasteiger partial charge in [0.05, 0.1) is 13.5 Å². The Morgan fingerprint density at radius 1 is 1.38 bits per heavy atom. The summed E-state index contributed by atoms with van der Waals surface area (Å²) in [7, 11) is 3.41. The van der Waals surface area contributed by atoms with Crippen LogP contribution >= 0.6 is 0 Å². The Bertz CT molecular complexity index is 610. The molecule has 0 spiro atoms. The molecule has 0 aliphatic heterocycles. The minimum absolute atomic E-state index is 0.0364. The first-order valence-electron chi connectivity index (χ1n) is 6.75. The highest BCUT2D eigenvalue weighted by atomic mass is 16.5. The average Bonchev–Trinajstić information content (AvgIpc) is 2.90. The number of aryl methyl sites for hydroxylation is 1. The molecule has 0 N–H and O–H groups in total. The quantitative estimate of drug-likeness (QED) is 0.808. The van der Waals surface area contributed by atoms with Gasteiger partial charge < -0.3 is 14.2 Å². The number of hydrogen-bond acceptors (Lipinski definition) is 5. The van der Waals surface area contributed by atoms with Crippen molar-refractivity contribution in [3.8, 4) is 5.75 Å². The van der Waals surface area contributed by atoms with Crippen LogP contribution in [-0.2, 0) is 17.6 Å². The molecular formula is C15H19N3O3. The lowest BCUT2D eigenvalue weighted by atomic mass is 10.1. The molecular weight excluding hydrogens is 270 g/mol. The summed E-state index contributed by atoms with van der Waals surface area (Å²) in [6.07, 6.45) is 0.886. The number of carbonyl (C=O) groups is 1. The van der Waals surface area contributed by atoms with E-state index in [0.717, 1.165) is 17.7 Å². The molecule has 0 unspecified atom stereocenters. The maximum Gasteiger partial charge on any atom is 0.230 e. The van der Waals surface area contributed by atoms with Crippen LogP contribution in [0.25, 0.3) is 0 Å². The van der Waals surface area contributed by atoms with Crippen LogP contribution in [0.15, 0.2) is 28.8 Å². The number of amides is 1. The Morgan fingerprint density at radius 2 is 2.14 bits per heavy atom. The normalized spacial score (nSPS) is 10.4. The Hall–Kier alpha value is -2.37. The fraction of sp³-hybridized carbons (Fsp3) is 0.400. The second-order valence-corrected chi connectivity index (χ2v) is 4.78. The van der Waals surface area contributed by atoms with Gasteiger partial charge in [0.1, 0.15) is 5.75 Å². The number of hydrogen-bond donors (Lipinski definition) is 0. The first-order valence-corrected chi connectivity index (χ1v) is 6.75. The van der Waals surface area contributed by atoms with Gasteiger partial charge in [0.2, 0.25) is 11.8 Å². The van der Waals surface area contributed by atoms with Crippen molar-refractivity contribution in [2.24, 2.45) is 0 Å². The molecule has 2 rings (SSSR count). The highest BCUT2D eigenvalue weighted by molar-refractivity contribution is 5.77. The molecule has 1 aromatic carbocycles. The Morgan fingerprint density at radius 3 is 2.81 bits per heavy atom. The van der Waals surface area contributed by atoms with Gasteiger partial charge in [-0.1, -0.05) is 23.4 Å². The standard InChI is InChI=1S/C15H19N3O3/c1-11-16-14(17-21-11)10-15(19)18(2)9-8-12-6-4-5-7-13(12)20-3/h4-7H,8-10H2,1-3H3. The van der Waals surface area contributed by atoms with E-state index < -0.39 is 0 Å². The molecule has 0 radical (unpaired) electrons. The largest absolute Gasteiger partial charge is 0.496 e. The highest BCUT2D eigenvalue weighted by Gasteiger charge is 2.14. The van der Waals surface area contributed by atoms with Crippen molar-refractivity contribution in [2.75, 3.05) is 20.7 Å². The summed E-state index contributed by atoms with van der Waals surface area (Å²) in [6, 6.07) is 7.80. The first kappa shape index (κ1) is 15.0. The van der Waals surface area contributed by atoms with Gasteiger partial charge in [-0.05, 0) is 18.1 Å². The predicted octanol–water partition coefficient (Wildman–Crippen LogP) is 1.63. The number of ether oxygens (including phenoxy) is 1. The van der Waals surface area contributed by atoms with Crippen LogP contribution in [0.1, 0.15) is 17.3 Å². The van der Waals surface area contributed by atoms with Gasteiger partial charge >= 0.3 is 0 Å². The topological polar surface area (TPSA) is 68.5 Å². The lowest BCUT2D eigenvalue weighted by Crippen LogP contribution is -2.30. The van der Waals surface area contributed by atoms with Gasteiger partial charge in [-0.3, -0.25) is 4.79 Å². The third-order valence-corrected chi connectivity index (χ3v) is 3.21. The van der Waals surface area contributed by atoms with Crippen molar-refractivity contribution >= 4 is 5.91 Å². The summed E-state index contributed by atoms with van der Waals surface area (Å²) in [5.41, 5.74) is 1.08. The third kappa shape index (κ3) is 4.05. The first-order chi connectivity index (χ1) is 10.1. The van der Waals surface area contributed by atoms with E-state index in [1.54, 1.807) is 26.0 Å². The molecule has 0 fully saturated rings. The predicted molar refractivity (Wildman–Crippen MR) is 77.1 cm³/mol. The van der Waals surface area contributed by atoms with Crippen molar-refractivity contribution in [2.45, 2.75) is 19.8 Å². The van der Waals surface area contributed by atoms with E-state index in [0.29, 0.717) is 18.3 Å². The fourth-order valence-corrected chi connectivity index (χ4v) is 2.01. The molecule has 6 heteroatoms. The van der Waals surface area contributed by atoms with Gasteiger partial charge in [-0.25, -0.2) is 0 Å². The van der Waals surface area contributed by atoms with Gasteiger partial charge in [0.15, 0.2) is 5.82 Å². The molecule has 0 aliphatic rings. The number of nitrogens with zero attached hydrogens (tertiary/aromatic N) is 3. The van der Waals surface area contributed by atoms with Crippen LogP contribution in [-0.4, -0.2) is 41.6 Å². The summed E-state index contributed by atoms with van der Waals surface area (Å²) in [4.78, 5) is 17.8. The van der Waals surface area contributed by atoms with E-state index in [4.69, 9.17) is 9.26 Å². The van der Waals surface area contributed by atoms with Gasteiger partial charge in [-0.15, -0.1) is 0 Å². The second-order valence-electron chi connectivity index (χ2n) is 4.78. The van der Waals surface area contributed by atoms with Crippen LogP contribution in [0.5, 0.6) is 5.75 Å². The van der Waals surface area contributed by atoms with E-state index in [9.17, 15) is 4.79 Å². The molecule has 1 heterocycles. The van der Waals surface area contributed by atoms with E-state index in [1.165, 1.54) is 0 Å². The number of para-hydroxylation sites is 1. The van der Waals surface area contributed by atoms with Crippen LogP contribution in [0.2, 0.25) is 0 Å². The molecule has 0 aliphatic carbocycles. The Kier molecular flexibility index (Phi) is 4.92. The van der Waals surface area contributed by atoms with Gasteiger partial charge in [0.25, 0.3) is 0 Å². The average molecular weight is 289 g/mol. The van der Waals surface area contributed by atoms with Crippen molar-refractivity contribution < 1.29 is 14.1 Å². The van der Waals surface area contributed by atoms with Crippen molar-refractivity contribution in [1.29, 1.82) is 0 Å². The zero-order valence-electron chi connectivity index (χ0n) is 12.5. The summed E-state index contributed by atoms with van der Waals surface area (Å²) in [5, 5.41) is 3.73. The van der Waals surface area contributed by atoms with Crippen molar-refractivity contribution in [3.05, 3.63) is 41.5 Å². The zero-order valence-corrected chi connectivity index (χ0v) is 12.5. The van der Waals surface area contributed by atoms with E-state index in [-0.39, 0.29) is 12.3 Å². The van der Waals surface area contributed by atoms with Crippen LogP contribution < -0.4 is 4.74 Å². The summed E-state index contributed by atoms with van der Waals surface area (Å²) in [6.45, 7) is 2.31. The highest BCUT2D eigenvalue weighted by Crippen LogP contribution is 2.17. The summed E-state index contributed by atoms with van der Waals surface area (Å²) >= 11 is 0. The molecule has 0 saturated carbocycles. The molecule has 1 aromatic heterocycles. The maximum absolute atomic E-state index is 12.1. The lowest BCUT2D eigenvalue weighted by molar-refractivity contribution is -0.129. The molecule has 0 saturated heterocycles. The summed E-state index contributed by atoms with van der Waals surface area (Å²) in [5.74, 6) is 1.69. The number of likely N-dealkylation sites (N-methyl/N-ethyl adjacent to an activating group) is 1. The van der Waals surface area contributed by atoms with Crippen LogP contribution in [0.3, 0.4) is 0 Å². The van der Waals surface area contributed by atoms with Crippen molar-refractivity contribution in [3.63, 3.8) is 0 Å². The number of aromatic nitrogens is 2. The van der Waals surface area contributed by atoms with Crippen LogP contribution in [0.4, 0.5) is 0 Å².